The minimum Gasteiger partial charge on any atom is -0.214 e. The van der Waals surface area contributed by atoms with Gasteiger partial charge in [-0.25, -0.2) is 12.1 Å². The predicted molar refractivity (Wildman–Crippen MR) is 132 cm³/mol. The Morgan fingerprint density at radius 3 is 1.59 bits per heavy atom. The zero-order chi connectivity index (χ0) is 22.0. The molecule has 0 N–H and O–H groups in total. The summed E-state index contributed by atoms with van der Waals surface area (Å²) in [7, 11) is 0. The average molecular weight is 721 g/mol. The molecule has 37 heavy (non-hydrogen) atoms. The maximum atomic E-state index is 3.30. The van der Waals surface area contributed by atoms with E-state index in [-0.39, 0.29) is 75.8 Å². The van der Waals surface area contributed by atoms with Gasteiger partial charge in [-0.3, -0.25) is 0 Å². The molecule has 0 aliphatic heterocycles. The molecular weight excluding hydrogens is 697 g/mol. The summed E-state index contributed by atoms with van der Waals surface area (Å²) in [5.74, 6) is 0. The molecule has 0 atom stereocenters. The standard InChI is InChI=1S/C13H9.C13H10.C5H5.4ClH.2Zr/c1-3-7-12-10(5-1)9-11-6-2-4-8-13(11)12;1-3-7-12(8-4-1)11-13-9-5-2-6-10-13;1-2-4-5-3-1;;;;;;/h1-5,7-8H,9H2;1-10H;1-5H;4*1H;;/q-1;;-1;;;;;+2;+4/p-4. The molecule has 0 heterocycles. The Balaban J connectivity index is 0. The molecule has 0 saturated carbocycles. The molecule has 1 aliphatic rings. The number of rotatable bonds is 2. The van der Waals surface area contributed by atoms with Gasteiger partial charge in [0, 0.05) is 0 Å². The maximum absolute atomic E-state index is 3.30. The van der Waals surface area contributed by atoms with Crippen molar-refractivity contribution >= 4 is 3.21 Å². The van der Waals surface area contributed by atoms with Crippen LogP contribution in [0, 0.1) is 6.07 Å². The maximum Gasteiger partial charge on any atom is 4.00 e. The molecule has 1 aliphatic carbocycles. The molecule has 0 amide bonds. The van der Waals surface area contributed by atoms with Crippen molar-refractivity contribution in [2.75, 3.05) is 0 Å². The zero-order valence-corrected chi connectivity index (χ0v) is 27.9. The second-order valence-corrected chi connectivity index (χ2v) is 8.69. The van der Waals surface area contributed by atoms with Crippen molar-refractivity contribution < 1.29 is 100 Å². The third-order valence-corrected chi connectivity index (χ3v) is 6.72. The van der Waals surface area contributed by atoms with E-state index in [1.54, 1.807) is 0 Å². The molecule has 0 aromatic heterocycles. The van der Waals surface area contributed by atoms with E-state index in [9.17, 15) is 0 Å². The first kappa shape index (κ1) is 38.2. The van der Waals surface area contributed by atoms with Crippen molar-refractivity contribution in [3.8, 4) is 11.1 Å². The molecule has 6 rings (SSSR count). The SMILES string of the molecule is [Cl-].[Cl-].[Cl-].[Cl-].[Zr+2]=[C](c1ccccc1)c1ccccc1.[Zr+4].[c-]1cccc2c1Cc1ccccc1-2.c1cc[cH-]c1. The normalized spacial score (nSPS) is 9.14. The molecule has 5 aromatic carbocycles. The van der Waals surface area contributed by atoms with Crippen LogP contribution < -0.4 is 49.6 Å². The van der Waals surface area contributed by atoms with Crippen molar-refractivity contribution in [2.45, 2.75) is 6.42 Å². The second-order valence-electron chi connectivity index (χ2n) is 7.47. The Bertz CT molecular complexity index is 1160. The Hall–Kier alpha value is -0.974. The van der Waals surface area contributed by atoms with Crippen molar-refractivity contribution in [3.63, 3.8) is 0 Å². The van der Waals surface area contributed by atoms with Gasteiger partial charge in [0.15, 0.2) is 0 Å². The number of halogens is 4. The number of benzene rings is 4. The Labute approximate surface area is 279 Å². The van der Waals surface area contributed by atoms with Crippen molar-refractivity contribution in [2.24, 2.45) is 0 Å². The summed E-state index contributed by atoms with van der Waals surface area (Å²) in [4.78, 5) is 0. The van der Waals surface area contributed by atoms with E-state index in [2.05, 4.69) is 103 Å². The van der Waals surface area contributed by atoms with Gasteiger partial charge < -0.3 is 49.6 Å². The van der Waals surface area contributed by atoms with Gasteiger partial charge in [-0.2, -0.15) is 48.0 Å². The fraction of sp³-hybridized carbons (Fsp3) is 0.0323. The van der Waals surface area contributed by atoms with Crippen LogP contribution in [0.5, 0.6) is 0 Å². The number of hydrogen-bond donors (Lipinski definition) is 0. The van der Waals surface area contributed by atoms with Crippen LogP contribution in [0.2, 0.25) is 0 Å². The van der Waals surface area contributed by atoms with E-state index < -0.39 is 0 Å². The predicted octanol–water partition coefficient (Wildman–Crippen LogP) is -4.72. The molecule has 0 radical (unpaired) electrons. The van der Waals surface area contributed by atoms with Crippen LogP contribution >= 0.6 is 0 Å². The average Bonchev–Trinajstić information content (AvgIpc) is 3.57. The largest absolute Gasteiger partial charge is 4.00 e. The Kier molecular flexibility index (Phi) is 21.6. The molecule has 0 spiro atoms. The summed E-state index contributed by atoms with van der Waals surface area (Å²) < 4.78 is 1.42. The van der Waals surface area contributed by atoms with Crippen LogP contribution in [0.15, 0.2) is 133 Å². The first-order valence-electron chi connectivity index (χ1n) is 10.8. The van der Waals surface area contributed by atoms with Crippen LogP contribution in [0.1, 0.15) is 22.3 Å². The van der Waals surface area contributed by atoms with Gasteiger partial charge in [0.1, 0.15) is 0 Å². The molecule has 0 bridgehead atoms. The summed E-state index contributed by atoms with van der Waals surface area (Å²) >= 11 is 1.46. The van der Waals surface area contributed by atoms with Crippen molar-refractivity contribution in [1.82, 2.24) is 0 Å². The third kappa shape index (κ3) is 11.3. The van der Waals surface area contributed by atoms with Gasteiger partial charge in [-0.05, 0) is 6.42 Å². The van der Waals surface area contributed by atoms with E-state index in [0.29, 0.717) is 0 Å². The molecule has 0 saturated heterocycles. The van der Waals surface area contributed by atoms with Gasteiger partial charge in [-0.1, -0.05) is 35.4 Å². The molecule has 5 aromatic rings. The van der Waals surface area contributed by atoms with Gasteiger partial charge in [0.25, 0.3) is 0 Å². The molecule has 0 unspecified atom stereocenters. The molecule has 184 valence electrons. The van der Waals surface area contributed by atoms with Crippen molar-refractivity contribution in [3.05, 3.63) is 162 Å². The quantitative estimate of drug-likeness (QED) is 0.158. The fourth-order valence-corrected chi connectivity index (χ4v) is 4.51. The van der Waals surface area contributed by atoms with Gasteiger partial charge in [-0.15, -0.1) is 5.56 Å². The summed E-state index contributed by atoms with van der Waals surface area (Å²) in [5, 5.41) is 0. The zero-order valence-electron chi connectivity index (χ0n) is 19.9. The minimum atomic E-state index is 0. The van der Waals surface area contributed by atoms with Crippen LogP contribution in [-0.2, 0) is 56.9 Å². The summed E-state index contributed by atoms with van der Waals surface area (Å²) in [6, 6.07) is 49.2. The van der Waals surface area contributed by atoms with Gasteiger partial charge in [0.05, 0.1) is 0 Å². The third-order valence-electron chi connectivity index (χ3n) is 5.30. The Morgan fingerprint density at radius 1 is 0.595 bits per heavy atom. The van der Waals surface area contributed by atoms with E-state index >= 15 is 0 Å². The topological polar surface area (TPSA) is 0 Å². The van der Waals surface area contributed by atoms with E-state index in [4.69, 9.17) is 0 Å². The monoisotopic (exact) mass is 716 g/mol. The van der Waals surface area contributed by atoms with E-state index in [0.717, 1.165) is 6.42 Å². The smallest absolute Gasteiger partial charge is 0.214 e. The molecule has 0 nitrogen and oxygen atoms in total. The number of fused-ring (bicyclic) bond motifs is 3. The summed E-state index contributed by atoms with van der Waals surface area (Å²) in [6.45, 7) is 0. The molecule has 6 heteroatoms. The van der Waals surface area contributed by atoms with Crippen LogP contribution in [0.3, 0.4) is 0 Å². The summed E-state index contributed by atoms with van der Waals surface area (Å²) in [5.41, 5.74) is 8.17. The van der Waals surface area contributed by atoms with Gasteiger partial charge >= 0.3 is 125 Å². The van der Waals surface area contributed by atoms with E-state index in [1.807, 2.05) is 36.4 Å². The first-order valence-corrected chi connectivity index (χ1v) is 12.0. The first-order chi connectivity index (χ1) is 15.8. The van der Waals surface area contributed by atoms with Crippen LogP contribution in [0.4, 0.5) is 0 Å². The Morgan fingerprint density at radius 2 is 1.08 bits per heavy atom. The van der Waals surface area contributed by atoms with E-state index in [1.165, 1.54) is 60.8 Å². The van der Waals surface area contributed by atoms with Gasteiger partial charge in [0.2, 0.25) is 0 Å². The van der Waals surface area contributed by atoms with Crippen LogP contribution in [0.25, 0.3) is 11.1 Å². The summed E-state index contributed by atoms with van der Waals surface area (Å²) in [6.07, 6.45) is 1.05. The minimum absolute atomic E-state index is 0. The second kappa shape index (κ2) is 20.9. The molecular formula is C31H24Cl4Zr2. The molecule has 0 fully saturated rings. The fourth-order valence-electron chi connectivity index (χ4n) is 3.69. The van der Waals surface area contributed by atoms with Crippen LogP contribution in [-0.4, -0.2) is 3.21 Å². The number of hydrogen-bond acceptors (Lipinski definition) is 0. The van der Waals surface area contributed by atoms with Crippen molar-refractivity contribution in [1.29, 1.82) is 0 Å².